The molecule has 0 bridgehead atoms. The lowest BCUT2D eigenvalue weighted by Gasteiger charge is -2.24. The van der Waals surface area contributed by atoms with Gasteiger partial charge in [0, 0.05) is 35.5 Å². The smallest absolute Gasteiger partial charge is 0.338 e. The van der Waals surface area contributed by atoms with Gasteiger partial charge < -0.3 is 25.8 Å². The van der Waals surface area contributed by atoms with Crippen LogP contribution in [-0.2, 0) is 6.18 Å². The van der Waals surface area contributed by atoms with E-state index in [-0.39, 0.29) is 11.7 Å². The van der Waals surface area contributed by atoms with Gasteiger partial charge in [0.25, 0.3) is 0 Å². The highest BCUT2D eigenvalue weighted by molar-refractivity contribution is 9.10. The molecule has 0 unspecified atom stereocenters. The highest BCUT2D eigenvalue weighted by Gasteiger charge is 2.30. The first kappa shape index (κ1) is 27.5. The van der Waals surface area contributed by atoms with Gasteiger partial charge in [-0.05, 0) is 82.0 Å². The Bertz CT molecular complexity index is 922. The Labute approximate surface area is 205 Å². The van der Waals surface area contributed by atoms with Crippen molar-refractivity contribution in [3.8, 4) is 0 Å². The van der Waals surface area contributed by atoms with Gasteiger partial charge in [0.2, 0.25) is 0 Å². The standard InChI is InChI=1S/C23H29BrF3N5O2/c1-31(2)14-4-16-32(22(34)30-20-9-5-17(6-10-20)23(25,26)27)15-3-13-28-21(33)29-19-11-7-18(24)8-12-19/h5-12H,3-4,13-16H2,1-2H3,(H,30,34)(H2,28,29,33). The molecule has 0 aliphatic rings. The Morgan fingerprint density at radius 1 is 0.853 bits per heavy atom. The predicted molar refractivity (Wildman–Crippen MR) is 131 cm³/mol. The first-order valence-corrected chi connectivity index (χ1v) is 11.5. The number of amides is 4. The van der Waals surface area contributed by atoms with Crippen molar-refractivity contribution in [1.29, 1.82) is 0 Å². The molecule has 2 aromatic rings. The Balaban J connectivity index is 1.86. The quantitative estimate of drug-likeness (QED) is 0.348. The number of hydrogen-bond acceptors (Lipinski definition) is 3. The molecule has 7 nitrogen and oxygen atoms in total. The molecular weight excluding hydrogens is 515 g/mol. The third-order valence-corrected chi connectivity index (χ3v) is 5.31. The van der Waals surface area contributed by atoms with Crippen LogP contribution in [0, 0.1) is 0 Å². The first-order chi connectivity index (χ1) is 16.0. The molecule has 0 aromatic heterocycles. The minimum absolute atomic E-state index is 0.280. The second-order valence-corrected chi connectivity index (χ2v) is 8.81. The van der Waals surface area contributed by atoms with Crippen LogP contribution >= 0.6 is 15.9 Å². The van der Waals surface area contributed by atoms with E-state index in [1.54, 1.807) is 17.0 Å². The van der Waals surface area contributed by atoms with Crippen LogP contribution in [0.5, 0.6) is 0 Å². The molecule has 2 aromatic carbocycles. The van der Waals surface area contributed by atoms with E-state index in [2.05, 4.69) is 31.9 Å². The maximum Gasteiger partial charge on any atom is 0.416 e. The minimum Gasteiger partial charge on any atom is -0.338 e. The van der Waals surface area contributed by atoms with Gasteiger partial charge in [-0.3, -0.25) is 0 Å². The molecule has 3 N–H and O–H groups in total. The Morgan fingerprint density at radius 3 is 2.00 bits per heavy atom. The van der Waals surface area contributed by atoms with Crippen LogP contribution in [0.2, 0.25) is 0 Å². The van der Waals surface area contributed by atoms with E-state index >= 15 is 0 Å². The minimum atomic E-state index is -4.43. The van der Waals surface area contributed by atoms with Gasteiger partial charge in [-0.1, -0.05) is 15.9 Å². The molecule has 0 atom stereocenters. The number of nitrogens with one attached hydrogen (secondary N) is 3. The highest BCUT2D eigenvalue weighted by Crippen LogP contribution is 2.29. The lowest BCUT2D eigenvalue weighted by molar-refractivity contribution is -0.137. The van der Waals surface area contributed by atoms with Crippen LogP contribution in [0.1, 0.15) is 18.4 Å². The van der Waals surface area contributed by atoms with Crippen LogP contribution < -0.4 is 16.0 Å². The molecule has 0 heterocycles. The lowest BCUT2D eigenvalue weighted by Crippen LogP contribution is -2.39. The molecule has 0 saturated carbocycles. The predicted octanol–water partition coefficient (Wildman–Crippen LogP) is 5.47. The van der Waals surface area contributed by atoms with Crippen LogP contribution in [0.25, 0.3) is 0 Å². The van der Waals surface area contributed by atoms with Crippen molar-refractivity contribution in [2.24, 2.45) is 0 Å². The number of alkyl halides is 3. The van der Waals surface area contributed by atoms with Crippen molar-refractivity contribution in [3.63, 3.8) is 0 Å². The van der Waals surface area contributed by atoms with Gasteiger partial charge in [-0.25, -0.2) is 9.59 Å². The SMILES string of the molecule is CN(C)CCCN(CCCNC(=O)Nc1ccc(Br)cc1)C(=O)Nc1ccc(C(F)(F)F)cc1. The summed E-state index contributed by atoms with van der Waals surface area (Å²) in [5.41, 5.74) is 0.158. The first-order valence-electron chi connectivity index (χ1n) is 10.7. The maximum absolute atomic E-state index is 12.7. The summed E-state index contributed by atoms with van der Waals surface area (Å²) in [7, 11) is 3.86. The Hall–Kier alpha value is -2.79. The number of hydrogen-bond donors (Lipinski definition) is 3. The van der Waals surface area contributed by atoms with Crippen molar-refractivity contribution in [2.45, 2.75) is 19.0 Å². The summed E-state index contributed by atoms with van der Waals surface area (Å²) >= 11 is 3.33. The molecule has 4 amide bonds. The number of benzene rings is 2. The number of anilines is 2. The fourth-order valence-corrected chi connectivity index (χ4v) is 3.28. The van der Waals surface area contributed by atoms with Gasteiger partial charge in [-0.2, -0.15) is 13.2 Å². The molecule has 0 aliphatic heterocycles. The molecule has 0 aliphatic carbocycles. The monoisotopic (exact) mass is 543 g/mol. The summed E-state index contributed by atoms with van der Waals surface area (Å²) in [6.45, 7) is 1.96. The zero-order chi connectivity index (χ0) is 25.1. The number of urea groups is 2. The average Bonchev–Trinajstić information content (AvgIpc) is 2.76. The summed E-state index contributed by atoms with van der Waals surface area (Å²) < 4.78 is 39.1. The third kappa shape index (κ3) is 10.0. The third-order valence-electron chi connectivity index (χ3n) is 4.78. The fourth-order valence-electron chi connectivity index (χ4n) is 3.02. The molecule has 186 valence electrons. The zero-order valence-corrected chi connectivity index (χ0v) is 20.7. The molecule has 11 heteroatoms. The second kappa shape index (κ2) is 13.2. The second-order valence-electron chi connectivity index (χ2n) is 7.89. The number of carbonyl (C=O) groups excluding carboxylic acids is 2. The van der Waals surface area contributed by atoms with Gasteiger partial charge in [-0.15, -0.1) is 0 Å². The maximum atomic E-state index is 12.7. The van der Waals surface area contributed by atoms with E-state index in [9.17, 15) is 22.8 Å². The summed E-state index contributed by atoms with van der Waals surface area (Å²) in [4.78, 5) is 28.4. The number of carbonyl (C=O) groups is 2. The van der Waals surface area contributed by atoms with Gasteiger partial charge in [0.15, 0.2) is 0 Å². The van der Waals surface area contributed by atoms with Crippen molar-refractivity contribution in [3.05, 3.63) is 58.6 Å². The van der Waals surface area contributed by atoms with Gasteiger partial charge >= 0.3 is 18.2 Å². The molecular formula is C23H29BrF3N5O2. The summed E-state index contributed by atoms with van der Waals surface area (Å²) in [6.07, 6.45) is -3.20. The molecule has 0 spiro atoms. The van der Waals surface area contributed by atoms with E-state index in [1.807, 2.05) is 31.1 Å². The fraction of sp³-hybridized carbons (Fsp3) is 0.391. The molecule has 0 saturated heterocycles. The normalized spacial score (nSPS) is 11.3. The van der Waals surface area contributed by atoms with E-state index in [0.717, 1.165) is 29.6 Å². The van der Waals surface area contributed by atoms with E-state index in [0.29, 0.717) is 31.7 Å². The number of halogens is 4. The molecule has 34 heavy (non-hydrogen) atoms. The van der Waals surface area contributed by atoms with Crippen LogP contribution in [0.3, 0.4) is 0 Å². The van der Waals surface area contributed by atoms with Gasteiger partial charge in [0.1, 0.15) is 0 Å². The summed E-state index contributed by atoms with van der Waals surface area (Å²) in [5, 5.41) is 8.12. The Kier molecular flexibility index (Phi) is 10.6. The molecule has 0 fully saturated rings. The number of rotatable bonds is 10. The topological polar surface area (TPSA) is 76.7 Å². The largest absolute Gasteiger partial charge is 0.416 e. The zero-order valence-electron chi connectivity index (χ0n) is 19.1. The molecule has 2 rings (SSSR count). The van der Waals surface area contributed by atoms with Crippen LogP contribution in [0.15, 0.2) is 53.0 Å². The van der Waals surface area contributed by atoms with Crippen molar-refractivity contribution in [2.75, 3.05) is 50.9 Å². The number of nitrogens with zero attached hydrogens (tertiary/aromatic N) is 2. The van der Waals surface area contributed by atoms with Crippen LogP contribution in [-0.4, -0.2) is 62.1 Å². The highest BCUT2D eigenvalue weighted by atomic mass is 79.9. The van der Waals surface area contributed by atoms with E-state index in [4.69, 9.17) is 0 Å². The van der Waals surface area contributed by atoms with Crippen molar-refractivity contribution in [1.82, 2.24) is 15.1 Å². The van der Waals surface area contributed by atoms with E-state index in [1.165, 1.54) is 12.1 Å². The van der Waals surface area contributed by atoms with Crippen molar-refractivity contribution >= 4 is 39.4 Å². The lowest BCUT2D eigenvalue weighted by atomic mass is 10.2. The summed E-state index contributed by atoms with van der Waals surface area (Å²) in [5.74, 6) is 0. The average molecular weight is 544 g/mol. The van der Waals surface area contributed by atoms with Gasteiger partial charge in [0.05, 0.1) is 5.56 Å². The van der Waals surface area contributed by atoms with Crippen LogP contribution in [0.4, 0.5) is 34.1 Å². The summed E-state index contributed by atoms with van der Waals surface area (Å²) in [6, 6.07) is 10.7. The van der Waals surface area contributed by atoms with E-state index < -0.39 is 17.8 Å². The molecule has 0 radical (unpaired) electrons. The Morgan fingerprint density at radius 2 is 1.41 bits per heavy atom. The van der Waals surface area contributed by atoms with Crippen molar-refractivity contribution < 1.29 is 22.8 Å².